The smallest absolute Gasteiger partial charge is 0.311 e. The molecular formula is C21H21FN2O4S. The Kier molecular flexibility index (Phi) is 6.53. The SMILES string of the molecule is CSc1cccc(N2C[C@H](C(=O)OCC(=O)Nc3ccc(C)c(F)c3)CC2=O)c1. The molecule has 8 heteroatoms. The van der Waals surface area contributed by atoms with Gasteiger partial charge >= 0.3 is 5.97 Å². The summed E-state index contributed by atoms with van der Waals surface area (Å²) in [5.74, 6) is -2.41. The summed E-state index contributed by atoms with van der Waals surface area (Å²) in [6.45, 7) is 1.33. The highest BCUT2D eigenvalue weighted by molar-refractivity contribution is 7.98. The maximum Gasteiger partial charge on any atom is 0.311 e. The summed E-state index contributed by atoms with van der Waals surface area (Å²) in [6, 6.07) is 11.8. The molecule has 2 amide bonds. The number of hydrogen-bond donors (Lipinski definition) is 1. The zero-order chi connectivity index (χ0) is 21.0. The van der Waals surface area contributed by atoms with Crippen LogP contribution in [0.1, 0.15) is 12.0 Å². The number of carbonyl (C=O) groups excluding carboxylic acids is 3. The van der Waals surface area contributed by atoms with Gasteiger partial charge in [-0.1, -0.05) is 12.1 Å². The van der Waals surface area contributed by atoms with Gasteiger partial charge in [0.05, 0.1) is 5.92 Å². The van der Waals surface area contributed by atoms with Crippen molar-refractivity contribution in [2.24, 2.45) is 5.92 Å². The number of anilines is 2. The van der Waals surface area contributed by atoms with Gasteiger partial charge in [-0.3, -0.25) is 14.4 Å². The summed E-state index contributed by atoms with van der Waals surface area (Å²) >= 11 is 1.57. The van der Waals surface area contributed by atoms with Crippen LogP contribution in [0.2, 0.25) is 0 Å². The lowest BCUT2D eigenvalue weighted by atomic mass is 10.1. The van der Waals surface area contributed by atoms with Crippen molar-refractivity contribution in [3.8, 4) is 0 Å². The van der Waals surface area contributed by atoms with Crippen LogP contribution in [0.25, 0.3) is 0 Å². The highest BCUT2D eigenvalue weighted by atomic mass is 32.2. The number of amides is 2. The molecule has 1 fully saturated rings. The van der Waals surface area contributed by atoms with Gasteiger partial charge in [0.1, 0.15) is 5.82 Å². The molecule has 29 heavy (non-hydrogen) atoms. The monoisotopic (exact) mass is 416 g/mol. The lowest BCUT2D eigenvalue weighted by molar-refractivity contribution is -0.151. The molecule has 0 aromatic heterocycles. The van der Waals surface area contributed by atoms with E-state index in [0.717, 1.165) is 10.6 Å². The van der Waals surface area contributed by atoms with Crippen molar-refractivity contribution < 1.29 is 23.5 Å². The molecule has 0 unspecified atom stereocenters. The predicted octanol–water partition coefficient (Wildman–Crippen LogP) is 3.39. The van der Waals surface area contributed by atoms with Gasteiger partial charge in [0, 0.05) is 29.2 Å². The molecule has 1 atom stereocenters. The van der Waals surface area contributed by atoms with Crippen LogP contribution in [-0.2, 0) is 19.1 Å². The van der Waals surface area contributed by atoms with E-state index in [9.17, 15) is 18.8 Å². The third-order valence-corrected chi connectivity index (χ3v) is 5.35. The van der Waals surface area contributed by atoms with Crippen molar-refractivity contribution in [1.82, 2.24) is 0 Å². The summed E-state index contributed by atoms with van der Waals surface area (Å²) in [6.07, 6.45) is 1.98. The molecule has 1 aliphatic heterocycles. The number of benzene rings is 2. The Morgan fingerprint density at radius 1 is 1.28 bits per heavy atom. The molecule has 3 rings (SSSR count). The molecule has 1 aliphatic rings. The van der Waals surface area contributed by atoms with Gasteiger partial charge in [0.25, 0.3) is 5.91 Å². The Labute approximate surface area is 172 Å². The number of ether oxygens (including phenoxy) is 1. The molecule has 1 N–H and O–H groups in total. The van der Waals surface area contributed by atoms with Gasteiger partial charge in [-0.2, -0.15) is 0 Å². The van der Waals surface area contributed by atoms with E-state index in [0.29, 0.717) is 5.56 Å². The Bertz CT molecular complexity index is 950. The van der Waals surface area contributed by atoms with E-state index >= 15 is 0 Å². The Balaban J connectivity index is 1.53. The second kappa shape index (κ2) is 9.09. The number of hydrogen-bond acceptors (Lipinski definition) is 5. The number of halogens is 1. The fourth-order valence-electron chi connectivity index (χ4n) is 3.02. The van der Waals surface area contributed by atoms with E-state index in [1.165, 1.54) is 6.07 Å². The van der Waals surface area contributed by atoms with Gasteiger partial charge in [-0.25, -0.2) is 4.39 Å². The van der Waals surface area contributed by atoms with Crippen LogP contribution in [0.3, 0.4) is 0 Å². The number of thioether (sulfide) groups is 1. The van der Waals surface area contributed by atoms with Gasteiger partial charge < -0.3 is 15.0 Å². The fraction of sp³-hybridized carbons (Fsp3) is 0.286. The largest absolute Gasteiger partial charge is 0.455 e. The first kappa shape index (κ1) is 20.9. The second-order valence-corrected chi connectivity index (χ2v) is 7.61. The molecule has 1 saturated heterocycles. The zero-order valence-electron chi connectivity index (χ0n) is 16.1. The Morgan fingerprint density at radius 2 is 2.07 bits per heavy atom. The average Bonchev–Trinajstić information content (AvgIpc) is 3.11. The van der Waals surface area contributed by atoms with E-state index in [2.05, 4.69) is 5.32 Å². The number of nitrogens with one attached hydrogen (secondary N) is 1. The highest BCUT2D eigenvalue weighted by Crippen LogP contribution is 2.28. The minimum atomic E-state index is -0.634. The molecule has 0 aliphatic carbocycles. The van der Waals surface area contributed by atoms with Crippen LogP contribution < -0.4 is 10.2 Å². The molecule has 0 spiro atoms. The van der Waals surface area contributed by atoms with Crippen LogP contribution in [0.5, 0.6) is 0 Å². The first-order chi connectivity index (χ1) is 13.9. The van der Waals surface area contributed by atoms with Crippen molar-refractivity contribution in [2.75, 3.05) is 29.6 Å². The van der Waals surface area contributed by atoms with E-state index in [4.69, 9.17) is 4.74 Å². The molecule has 0 radical (unpaired) electrons. The topological polar surface area (TPSA) is 75.7 Å². The van der Waals surface area contributed by atoms with Crippen LogP contribution in [0.4, 0.5) is 15.8 Å². The molecule has 152 valence electrons. The fourth-order valence-corrected chi connectivity index (χ4v) is 3.47. The summed E-state index contributed by atoms with van der Waals surface area (Å²) < 4.78 is 18.6. The lowest BCUT2D eigenvalue weighted by Gasteiger charge is -2.17. The van der Waals surface area contributed by atoms with Gasteiger partial charge in [0.2, 0.25) is 5.91 Å². The van der Waals surface area contributed by atoms with E-state index in [-0.39, 0.29) is 24.6 Å². The van der Waals surface area contributed by atoms with E-state index in [1.54, 1.807) is 35.7 Å². The molecular weight excluding hydrogens is 395 g/mol. The van der Waals surface area contributed by atoms with Crippen molar-refractivity contribution in [2.45, 2.75) is 18.2 Å². The van der Waals surface area contributed by atoms with Crippen LogP contribution in [0, 0.1) is 18.7 Å². The predicted molar refractivity (Wildman–Crippen MR) is 109 cm³/mol. The van der Waals surface area contributed by atoms with E-state index in [1.807, 2.05) is 30.5 Å². The first-order valence-corrected chi connectivity index (χ1v) is 10.3. The first-order valence-electron chi connectivity index (χ1n) is 9.04. The average molecular weight is 416 g/mol. The van der Waals surface area contributed by atoms with Gasteiger partial charge in [0.15, 0.2) is 6.61 Å². The highest BCUT2D eigenvalue weighted by Gasteiger charge is 2.36. The standard InChI is InChI=1S/C21H21FN2O4S/c1-13-6-7-15(9-18(13)22)23-19(25)12-28-21(27)14-8-20(26)24(11-14)16-4-3-5-17(10-16)29-2/h3-7,9-10,14H,8,11-12H2,1-2H3,(H,23,25)/t14-/m1/s1. The second-order valence-electron chi connectivity index (χ2n) is 6.73. The van der Waals surface area contributed by atoms with Crippen molar-refractivity contribution in [1.29, 1.82) is 0 Å². The summed E-state index contributed by atoms with van der Waals surface area (Å²) in [5.41, 5.74) is 1.48. The quantitative estimate of drug-likeness (QED) is 0.577. The van der Waals surface area contributed by atoms with Gasteiger partial charge in [-0.15, -0.1) is 11.8 Å². The van der Waals surface area contributed by atoms with Crippen molar-refractivity contribution in [3.05, 3.63) is 53.8 Å². The lowest BCUT2D eigenvalue weighted by Crippen LogP contribution is -2.28. The summed E-state index contributed by atoms with van der Waals surface area (Å²) in [5, 5.41) is 2.48. The van der Waals surface area contributed by atoms with Crippen LogP contribution in [-0.4, -0.2) is 37.2 Å². The minimum absolute atomic E-state index is 0.0348. The normalized spacial score (nSPS) is 16.0. The summed E-state index contributed by atoms with van der Waals surface area (Å²) in [4.78, 5) is 39.2. The van der Waals surface area contributed by atoms with E-state index < -0.39 is 30.2 Å². The number of rotatable bonds is 6. The molecule has 2 aromatic carbocycles. The van der Waals surface area contributed by atoms with Crippen molar-refractivity contribution in [3.63, 3.8) is 0 Å². The Morgan fingerprint density at radius 3 is 2.79 bits per heavy atom. The minimum Gasteiger partial charge on any atom is -0.455 e. The molecule has 2 aromatic rings. The molecule has 0 saturated carbocycles. The third kappa shape index (κ3) is 5.14. The number of aryl methyl sites for hydroxylation is 1. The van der Waals surface area contributed by atoms with Crippen LogP contribution in [0.15, 0.2) is 47.4 Å². The maximum absolute atomic E-state index is 13.5. The van der Waals surface area contributed by atoms with Crippen molar-refractivity contribution >= 4 is 40.9 Å². The summed E-state index contributed by atoms with van der Waals surface area (Å²) in [7, 11) is 0. The van der Waals surface area contributed by atoms with Crippen LogP contribution >= 0.6 is 11.8 Å². The van der Waals surface area contributed by atoms with Gasteiger partial charge in [-0.05, 0) is 49.1 Å². The molecule has 1 heterocycles. The molecule has 6 nitrogen and oxygen atoms in total. The number of nitrogens with zero attached hydrogens (tertiary/aromatic N) is 1. The maximum atomic E-state index is 13.5. The zero-order valence-corrected chi connectivity index (χ0v) is 16.9. The third-order valence-electron chi connectivity index (χ3n) is 4.62. The number of carbonyl (C=O) groups is 3. The number of esters is 1. The Hall–Kier alpha value is -2.87. The molecule has 0 bridgehead atoms.